The maximum atomic E-state index is 13.8. The molecule has 1 unspecified atom stereocenters. The SMILES string of the molecule is CN=C(NCc1ccc(C)cc1OCC1CCOC1)NCc1c(F)c(F)cc(F)c1F. The second-order valence-corrected chi connectivity index (χ2v) is 7.38. The Morgan fingerprint density at radius 2 is 1.81 bits per heavy atom. The third-order valence-corrected chi connectivity index (χ3v) is 5.03. The van der Waals surface area contributed by atoms with E-state index in [1.165, 1.54) is 7.05 Å². The van der Waals surface area contributed by atoms with Gasteiger partial charge in [-0.1, -0.05) is 12.1 Å². The summed E-state index contributed by atoms with van der Waals surface area (Å²) in [5.41, 5.74) is 1.17. The van der Waals surface area contributed by atoms with Gasteiger partial charge < -0.3 is 20.1 Å². The van der Waals surface area contributed by atoms with E-state index in [1.807, 2.05) is 25.1 Å². The Hall–Kier alpha value is -2.81. The summed E-state index contributed by atoms with van der Waals surface area (Å²) in [6.07, 6.45) is 0.962. The fourth-order valence-corrected chi connectivity index (χ4v) is 3.21. The van der Waals surface area contributed by atoms with Crippen LogP contribution in [0.15, 0.2) is 29.3 Å². The van der Waals surface area contributed by atoms with E-state index in [0.717, 1.165) is 29.9 Å². The van der Waals surface area contributed by atoms with Crippen molar-refractivity contribution >= 4 is 5.96 Å². The number of rotatable bonds is 7. The van der Waals surface area contributed by atoms with Gasteiger partial charge in [-0.2, -0.15) is 0 Å². The summed E-state index contributed by atoms with van der Waals surface area (Å²) in [6, 6.07) is 5.97. The first-order chi connectivity index (χ1) is 14.9. The Kier molecular flexibility index (Phi) is 7.73. The van der Waals surface area contributed by atoms with E-state index in [1.54, 1.807) is 0 Å². The minimum absolute atomic E-state index is 0.178. The molecule has 0 saturated carbocycles. The van der Waals surface area contributed by atoms with Crippen molar-refractivity contribution < 1.29 is 27.0 Å². The van der Waals surface area contributed by atoms with Crippen molar-refractivity contribution in [2.45, 2.75) is 26.4 Å². The van der Waals surface area contributed by atoms with Crippen molar-refractivity contribution in [3.05, 3.63) is 64.2 Å². The Balaban J connectivity index is 1.62. The Labute approximate surface area is 178 Å². The van der Waals surface area contributed by atoms with Gasteiger partial charge in [-0.15, -0.1) is 0 Å². The molecule has 2 N–H and O–H groups in total. The predicted molar refractivity (Wildman–Crippen MR) is 109 cm³/mol. The zero-order chi connectivity index (χ0) is 22.4. The fourth-order valence-electron chi connectivity index (χ4n) is 3.21. The molecule has 9 heteroatoms. The molecule has 0 aliphatic carbocycles. The number of ether oxygens (including phenoxy) is 2. The summed E-state index contributed by atoms with van der Waals surface area (Å²) in [4.78, 5) is 3.98. The van der Waals surface area contributed by atoms with E-state index in [0.29, 0.717) is 25.7 Å². The van der Waals surface area contributed by atoms with Crippen LogP contribution in [0.25, 0.3) is 0 Å². The van der Waals surface area contributed by atoms with E-state index in [2.05, 4.69) is 15.6 Å². The molecule has 5 nitrogen and oxygen atoms in total. The summed E-state index contributed by atoms with van der Waals surface area (Å²) in [5.74, 6) is -4.50. The molecule has 1 saturated heterocycles. The highest BCUT2D eigenvalue weighted by molar-refractivity contribution is 5.79. The number of hydrogen-bond donors (Lipinski definition) is 2. The fraction of sp³-hybridized carbons (Fsp3) is 0.409. The molecule has 1 atom stereocenters. The van der Waals surface area contributed by atoms with Gasteiger partial charge in [0.1, 0.15) is 5.75 Å². The number of guanidine groups is 1. The van der Waals surface area contributed by atoms with Gasteiger partial charge in [-0.05, 0) is 25.0 Å². The van der Waals surface area contributed by atoms with Gasteiger partial charge in [0.25, 0.3) is 0 Å². The Morgan fingerprint density at radius 3 is 2.45 bits per heavy atom. The van der Waals surface area contributed by atoms with Crippen molar-refractivity contribution in [1.82, 2.24) is 10.6 Å². The maximum absolute atomic E-state index is 13.8. The van der Waals surface area contributed by atoms with Crippen molar-refractivity contribution in [2.75, 3.05) is 26.9 Å². The lowest BCUT2D eigenvalue weighted by atomic mass is 10.1. The van der Waals surface area contributed by atoms with Crippen molar-refractivity contribution in [1.29, 1.82) is 0 Å². The molecule has 0 bridgehead atoms. The van der Waals surface area contributed by atoms with Crippen LogP contribution in [0.5, 0.6) is 5.75 Å². The topological polar surface area (TPSA) is 54.9 Å². The Bertz CT molecular complexity index is 921. The van der Waals surface area contributed by atoms with Gasteiger partial charge in [0.15, 0.2) is 29.2 Å². The van der Waals surface area contributed by atoms with Crippen LogP contribution < -0.4 is 15.4 Å². The molecule has 0 spiro atoms. The van der Waals surface area contributed by atoms with Crippen LogP contribution >= 0.6 is 0 Å². The smallest absolute Gasteiger partial charge is 0.191 e. The van der Waals surface area contributed by atoms with Crippen LogP contribution in [0.2, 0.25) is 0 Å². The van der Waals surface area contributed by atoms with Gasteiger partial charge in [-0.3, -0.25) is 4.99 Å². The number of nitrogens with one attached hydrogen (secondary N) is 2. The molecule has 0 aromatic heterocycles. The normalized spacial score (nSPS) is 16.5. The van der Waals surface area contributed by atoms with E-state index in [-0.39, 0.29) is 12.0 Å². The summed E-state index contributed by atoms with van der Waals surface area (Å²) in [6.45, 7) is 3.78. The standard InChI is InChI=1S/C22H25F4N3O2/c1-13-3-4-15(19(7-13)31-12-14-5-6-30-11-14)9-28-22(27-2)29-10-16-20(25)17(23)8-18(24)21(16)26/h3-4,7-8,14H,5-6,9-12H2,1-2H3,(H2,27,28,29). The molecule has 1 heterocycles. The molecule has 1 aliphatic heterocycles. The van der Waals surface area contributed by atoms with Gasteiger partial charge >= 0.3 is 0 Å². The monoisotopic (exact) mass is 439 g/mol. The average Bonchev–Trinajstić information content (AvgIpc) is 3.27. The molecule has 2 aromatic rings. The molecule has 3 rings (SSSR count). The lowest BCUT2D eigenvalue weighted by molar-refractivity contribution is 0.166. The first-order valence-electron chi connectivity index (χ1n) is 9.95. The highest BCUT2D eigenvalue weighted by Gasteiger charge is 2.19. The van der Waals surface area contributed by atoms with Gasteiger partial charge in [0.2, 0.25) is 0 Å². The molecular weight excluding hydrogens is 414 g/mol. The highest BCUT2D eigenvalue weighted by atomic mass is 19.2. The van der Waals surface area contributed by atoms with Crippen LogP contribution in [0.1, 0.15) is 23.1 Å². The third-order valence-electron chi connectivity index (χ3n) is 5.03. The molecule has 0 amide bonds. The van der Waals surface area contributed by atoms with E-state index in [4.69, 9.17) is 9.47 Å². The van der Waals surface area contributed by atoms with Gasteiger partial charge in [0.05, 0.1) is 13.2 Å². The second kappa shape index (κ2) is 10.5. The molecule has 1 aliphatic rings. The highest BCUT2D eigenvalue weighted by Crippen LogP contribution is 2.23. The number of halogens is 4. The predicted octanol–water partition coefficient (Wildman–Crippen LogP) is 3.83. The van der Waals surface area contributed by atoms with Gasteiger partial charge in [-0.25, -0.2) is 17.6 Å². The lowest BCUT2D eigenvalue weighted by Crippen LogP contribution is -2.37. The molecule has 0 radical (unpaired) electrons. The van der Waals surface area contributed by atoms with E-state index in [9.17, 15) is 17.6 Å². The van der Waals surface area contributed by atoms with Crippen molar-refractivity contribution in [2.24, 2.45) is 10.9 Å². The molecular formula is C22H25F4N3O2. The van der Waals surface area contributed by atoms with Crippen molar-refractivity contribution in [3.8, 4) is 5.75 Å². The maximum Gasteiger partial charge on any atom is 0.191 e. The Morgan fingerprint density at radius 1 is 1.10 bits per heavy atom. The summed E-state index contributed by atoms with van der Waals surface area (Å²) >= 11 is 0. The quantitative estimate of drug-likeness (QED) is 0.298. The first-order valence-corrected chi connectivity index (χ1v) is 9.95. The largest absolute Gasteiger partial charge is 0.493 e. The van der Waals surface area contributed by atoms with E-state index < -0.39 is 35.4 Å². The van der Waals surface area contributed by atoms with Gasteiger partial charge in [0, 0.05) is 49.9 Å². The summed E-state index contributed by atoms with van der Waals surface area (Å²) in [7, 11) is 1.47. The molecule has 31 heavy (non-hydrogen) atoms. The molecule has 168 valence electrons. The van der Waals surface area contributed by atoms with Crippen LogP contribution in [-0.2, 0) is 17.8 Å². The van der Waals surface area contributed by atoms with Crippen LogP contribution in [0.4, 0.5) is 17.6 Å². The number of hydrogen-bond acceptors (Lipinski definition) is 3. The molecule has 1 fully saturated rings. The summed E-state index contributed by atoms with van der Waals surface area (Å²) < 4.78 is 65.8. The average molecular weight is 439 g/mol. The first kappa shape index (κ1) is 22.9. The second-order valence-electron chi connectivity index (χ2n) is 7.38. The zero-order valence-corrected chi connectivity index (χ0v) is 17.4. The minimum Gasteiger partial charge on any atom is -0.493 e. The van der Waals surface area contributed by atoms with Crippen LogP contribution in [0, 0.1) is 36.1 Å². The number of benzene rings is 2. The zero-order valence-electron chi connectivity index (χ0n) is 17.4. The number of aryl methyl sites for hydroxylation is 1. The van der Waals surface area contributed by atoms with Crippen LogP contribution in [-0.4, -0.2) is 32.8 Å². The minimum atomic E-state index is -1.45. The van der Waals surface area contributed by atoms with E-state index >= 15 is 0 Å². The summed E-state index contributed by atoms with van der Waals surface area (Å²) in [5, 5.41) is 5.68. The molecule has 2 aromatic carbocycles. The lowest BCUT2D eigenvalue weighted by Gasteiger charge is -2.17. The number of nitrogens with zero attached hydrogens (tertiary/aromatic N) is 1. The number of aliphatic imine (C=N–C) groups is 1. The van der Waals surface area contributed by atoms with Crippen LogP contribution in [0.3, 0.4) is 0 Å². The third kappa shape index (κ3) is 5.88. The van der Waals surface area contributed by atoms with Crippen molar-refractivity contribution in [3.63, 3.8) is 0 Å².